The van der Waals surface area contributed by atoms with Crippen molar-refractivity contribution in [2.45, 2.75) is 35.3 Å². The van der Waals surface area contributed by atoms with Crippen LogP contribution >= 0.6 is 0 Å². The second-order valence-electron chi connectivity index (χ2n) is 5.47. The number of benzene rings is 2. The van der Waals surface area contributed by atoms with E-state index in [1.165, 1.54) is 24.3 Å². The van der Waals surface area contributed by atoms with Gasteiger partial charge in [-0.2, -0.15) is 0 Å². The van der Waals surface area contributed by atoms with Gasteiger partial charge >= 0.3 is 0 Å². The summed E-state index contributed by atoms with van der Waals surface area (Å²) in [7, 11) is -7.32. The zero-order valence-corrected chi connectivity index (χ0v) is 15.1. The minimum absolute atomic E-state index is 0.00437. The van der Waals surface area contributed by atoms with Crippen LogP contribution in [0.1, 0.15) is 25.3 Å². The Balaban J connectivity index is 2.26. The third kappa shape index (κ3) is 4.90. The maximum atomic E-state index is 12.5. The van der Waals surface area contributed by atoms with E-state index >= 15 is 0 Å². The van der Waals surface area contributed by atoms with Crippen LogP contribution in [0.2, 0.25) is 0 Å². The molecule has 2 rings (SSSR count). The van der Waals surface area contributed by atoms with Gasteiger partial charge in [-0.1, -0.05) is 49.7 Å². The summed E-state index contributed by atoms with van der Waals surface area (Å²) < 4.78 is 52.0. The molecule has 2 aromatic rings. The van der Waals surface area contributed by atoms with Crippen LogP contribution in [-0.4, -0.2) is 23.4 Å². The number of sulfone groups is 1. The molecule has 0 fully saturated rings. The van der Waals surface area contributed by atoms with Gasteiger partial charge in [0.15, 0.2) is 9.84 Å². The fourth-order valence-corrected chi connectivity index (χ4v) is 4.76. The Bertz CT molecular complexity index is 876. The summed E-state index contributed by atoms with van der Waals surface area (Å²) in [6.45, 7) is 2.30. The minimum Gasteiger partial charge on any atom is -0.223 e. The molecule has 0 amide bonds. The zero-order valence-electron chi connectivity index (χ0n) is 13.5. The highest BCUT2D eigenvalue weighted by atomic mass is 32.2. The quantitative estimate of drug-likeness (QED) is 0.728. The Kier molecular flexibility index (Phi) is 6.15. The van der Waals surface area contributed by atoms with Gasteiger partial charge in [0, 0.05) is 6.54 Å². The largest absolute Gasteiger partial charge is 0.240 e. The standard InChI is InChI=1S/C17H21NO4S2/c1-2-3-12-18-24(21,22)17-11-7-10-16(13-17)23(19,20)14-15-8-5-4-6-9-15/h4-11,13,18H,2-3,12,14H2,1H3. The van der Waals surface area contributed by atoms with Crippen molar-refractivity contribution in [3.63, 3.8) is 0 Å². The van der Waals surface area contributed by atoms with Gasteiger partial charge in [-0.3, -0.25) is 0 Å². The first kappa shape index (κ1) is 18.6. The highest BCUT2D eigenvalue weighted by Crippen LogP contribution is 2.20. The van der Waals surface area contributed by atoms with E-state index in [4.69, 9.17) is 0 Å². The first-order valence-corrected chi connectivity index (χ1v) is 10.8. The molecule has 0 spiro atoms. The van der Waals surface area contributed by atoms with Crippen molar-refractivity contribution in [1.29, 1.82) is 0 Å². The van der Waals surface area contributed by atoms with Crippen LogP contribution in [0.25, 0.3) is 0 Å². The molecule has 0 saturated carbocycles. The van der Waals surface area contributed by atoms with E-state index in [1.807, 2.05) is 13.0 Å². The second kappa shape index (κ2) is 7.92. The lowest BCUT2D eigenvalue weighted by Gasteiger charge is -2.09. The molecule has 5 nitrogen and oxygen atoms in total. The van der Waals surface area contributed by atoms with Gasteiger partial charge in [-0.05, 0) is 30.2 Å². The fraction of sp³-hybridized carbons (Fsp3) is 0.294. The Morgan fingerprint density at radius 2 is 1.54 bits per heavy atom. The molecule has 130 valence electrons. The number of hydrogen-bond acceptors (Lipinski definition) is 4. The number of unbranched alkanes of at least 4 members (excludes halogenated alkanes) is 1. The van der Waals surface area contributed by atoms with Crippen molar-refractivity contribution in [2.24, 2.45) is 0 Å². The van der Waals surface area contributed by atoms with Gasteiger partial charge in [0.05, 0.1) is 15.5 Å². The smallest absolute Gasteiger partial charge is 0.223 e. The Hall–Kier alpha value is -1.70. The average molecular weight is 367 g/mol. The van der Waals surface area contributed by atoms with E-state index in [0.717, 1.165) is 12.8 Å². The summed E-state index contributed by atoms with van der Waals surface area (Å²) in [5.41, 5.74) is 0.659. The first-order chi connectivity index (χ1) is 11.3. The molecule has 2 aromatic carbocycles. The van der Waals surface area contributed by atoms with Crippen molar-refractivity contribution in [2.75, 3.05) is 6.54 Å². The normalized spacial score (nSPS) is 12.2. The molecule has 0 radical (unpaired) electrons. The topological polar surface area (TPSA) is 80.3 Å². The molecule has 1 N–H and O–H groups in total. The SMILES string of the molecule is CCCCNS(=O)(=O)c1cccc(S(=O)(=O)Cc2ccccc2)c1. The molecule has 0 aromatic heterocycles. The summed E-state index contributed by atoms with van der Waals surface area (Å²) in [5.74, 6) is -0.166. The predicted molar refractivity (Wildman–Crippen MR) is 93.9 cm³/mol. The second-order valence-corrected chi connectivity index (χ2v) is 9.23. The van der Waals surface area contributed by atoms with E-state index in [2.05, 4.69) is 4.72 Å². The van der Waals surface area contributed by atoms with E-state index in [9.17, 15) is 16.8 Å². The van der Waals surface area contributed by atoms with Crippen molar-refractivity contribution in [1.82, 2.24) is 4.72 Å². The lowest BCUT2D eigenvalue weighted by atomic mass is 10.2. The molecule has 0 unspecified atom stereocenters. The highest BCUT2D eigenvalue weighted by molar-refractivity contribution is 7.91. The van der Waals surface area contributed by atoms with Crippen molar-refractivity contribution in [3.8, 4) is 0 Å². The number of sulfonamides is 1. The van der Waals surface area contributed by atoms with Crippen LogP contribution in [0.5, 0.6) is 0 Å². The predicted octanol–water partition coefficient (Wildman–Crippen LogP) is 2.74. The average Bonchev–Trinajstić information content (AvgIpc) is 2.56. The summed E-state index contributed by atoms with van der Waals surface area (Å²) in [6.07, 6.45) is 1.60. The molecule has 7 heteroatoms. The van der Waals surface area contributed by atoms with Crippen LogP contribution in [0.4, 0.5) is 0 Å². The monoisotopic (exact) mass is 367 g/mol. The molecule has 24 heavy (non-hydrogen) atoms. The number of nitrogens with one attached hydrogen (secondary N) is 1. The van der Waals surface area contributed by atoms with Gasteiger partial charge in [0.25, 0.3) is 0 Å². The summed E-state index contributed by atoms with van der Waals surface area (Å²) in [4.78, 5) is -0.0301. The molecule has 0 bridgehead atoms. The van der Waals surface area contributed by atoms with Gasteiger partial charge in [0.1, 0.15) is 0 Å². The molecule has 0 aliphatic carbocycles. The fourth-order valence-electron chi connectivity index (χ4n) is 2.18. The van der Waals surface area contributed by atoms with E-state index in [-0.39, 0.29) is 15.5 Å². The first-order valence-electron chi connectivity index (χ1n) is 7.71. The number of hydrogen-bond donors (Lipinski definition) is 1. The van der Waals surface area contributed by atoms with Gasteiger partial charge in [-0.15, -0.1) is 0 Å². The van der Waals surface area contributed by atoms with Crippen molar-refractivity contribution >= 4 is 19.9 Å². The highest BCUT2D eigenvalue weighted by Gasteiger charge is 2.19. The molecule has 0 atom stereocenters. The van der Waals surface area contributed by atoms with Crippen LogP contribution in [0.15, 0.2) is 64.4 Å². The molecule has 0 aliphatic rings. The van der Waals surface area contributed by atoms with Crippen molar-refractivity contribution < 1.29 is 16.8 Å². The van der Waals surface area contributed by atoms with Crippen LogP contribution in [0, 0.1) is 0 Å². The molecule has 0 heterocycles. The van der Waals surface area contributed by atoms with Crippen LogP contribution in [-0.2, 0) is 25.6 Å². The maximum Gasteiger partial charge on any atom is 0.240 e. The molecular formula is C17H21NO4S2. The third-order valence-corrected chi connectivity index (χ3v) is 6.64. The van der Waals surface area contributed by atoms with Crippen LogP contribution in [0.3, 0.4) is 0 Å². The molecule has 0 aliphatic heterocycles. The van der Waals surface area contributed by atoms with E-state index in [0.29, 0.717) is 12.1 Å². The Morgan fingerprint density at radius 1 is 0.875 bits per heavy atom. The lowest BCUT2D eigenvalue weighted by molar-refractivity contribution is 0.578. The minimum atomic E-state index is -3.70. The summed E-state index contributed by atoms with van der Waals surface area (Å²) in [5, 5.41) is 0. The Labute approximate surface area is 143 Å². The van der Waals surface area contributed by atoms with Crippen molar-refractivity contribution in [3.05, 3.63) is 60.2 Å². The lowest BCUT2D eigenvalue weighted by Crippen LogP contribution is -2.24. The number of rotatable bonds is 8. The Morgan fingerprint density at radius 3 is 2.21 bits per heavy atom. The maximum absolute atomic E-state index is 12.5. The molecular weight excluding hydrogens is 346 g/mol. The molecule has 0 saturated heterocycles. The summed E-state index contributed by atoms with van der Waals surface area (Å²) in [6, 6.07) is 14.3. The third-order valence-electron chi connectivity index (χ3n) is 3.50. The summed E-state index contributed by atoms with van der Waals surface area (Å²) >= 11 is 0. The van der Waals surface area contributed by atoms with Gasteiger partial charge < -0.3 is 0 Å². The van der Waals surface area contributed by atoms with E-state index in [1.54, 1.807) is 24.3 Å². The van der Waals surface area contributed by atoms with Gasteiger partial charge in [-0.25, -0.2) is 21.6 Å². The van der Waals surface area contributed by atoms with Gasteiger partial charge in [0.2, 0.25) is 10.0 Å². The van der Waals surface area contributed by atoms with E-state index < -0.39 is 19.9 Å². The zero-order chi connectivity index (χ0) is 17.6. The van der Waals surface area contributed by atoms with Crippen LogP contribution < -0.4 is 4.72 Å².